The minimum atomic E-state index is -3.64. The van der Waals surface area contributed by atoms with Crippen LogP contribution >= 0.6 is 0 Å². The van der Waals surface area contributed by atoms with E-state index >= 15 is 0 Å². The van der Waals surface area contributed by atoms with Crippen LogP contribution in [0.5, 0.6) is 0 Å². The summed E-state index contributed by atoms with van der Waals surface area (Å²) in [7, 11) is 3.09. The summed E-state index contributed by atoms with van der Waals surface area (Å²) >= 11 is 0. The van der Waals surface area contributed by atoms with Gasteiger partial charge in [-0.3, -0.25) is 9.59 Å². The van der Waals surface area contributed by atoms with E-state index in [2.05, 4.69) is 0 Å². The van der Waals surface area contributed by atoms with Gasteiger partial charge in [0.2, 0.25) is 10.0 Å². The van der Waals surface area contributed by atoms with E-state index in [1.165, 1.54) is 43.3 Å². The zero-order valence-corrected chi connectivity index (χ0v) is 20.0. The molecular weight excluding hydrogens is 442 g/mol. The smallest absolute Gasteiger partial charge is 0.295 e. The zero-order valence-electron chi connectivity index (χ0n) is 19.2. The van der Waals surface area contributed by atoms with Crippen molar-refractivity contribution < 1.29 is 23.1 Å². The fourth-order valence-electron chi connectivity index (χ4n) is 3.80. The summed E-state index contributed by atoms with van der Waals surface area (Å²) in [5, 5.41) is 11.1. The minimum Gasteiger partial charge on any atom is -0.507 e. The van der Waals surface area contributed by atoms with E-state index in [-0.39, 0.29) is 21.8 Å². The predicted octanol–water partition coefficient (Wildman–Crippen LogP) is 2.31. The molecule has 0 saturated carbocycles. The van der Waals surface area contributed by atoms with Crippen LogP contribution < -0.4 is 0 Å². The van der Waals surface area contributed by atoms with Crippen LogP contribution in [0.2, 0.25) is 0 Å². The number of Topliss-reactive ketones (excluding diaryl/α,β-unsaturated/α-hetero) is 1. The second-order valence-corrected chi connectivity index (χ2v) is 10.5. The molecule has 1 aliphatic rings. The van der Waals surface area contributed by atoms with E-state index in [9.17, 15) is 23.1 Å². The molecule has 0 spiro atoms. The number of hydrogen-bond donors (Lipinski definition) is 1. The maximum absolute atomic E-state index is 13.0. The summed E-state index contributed by atoms with van der Waals surface area (Å²) in [5.41, 5.74) is 0.981. The van der Waals surface area contributed by atoms with Crippen LogP contribution in [0.15, 0.2) is 65.1 Å². The minimum absolute atomic E-state index is 0.000676. The predicted molar refractivity (Wildman–Crippen MR) is 126 cm³/mol. The second-order valence-electron chi connectivity index (χ2n) is 8.37. The highest BCUT2D eigenvalue weighted by Crippen LogP contribution is 2.39. The molecule has 1 unspecified atom stereocenters. The lowest BCUT2D eigenvalue weighted by atomic mass is 9.95. The molecule has 0 aromatic heterocycles. The van der Waals surface area contributed by atoms with Gasteiger partial charge in [0.1, 0.15) is 5.76 Å². The van der Waals surface area contributed by atoms with Crippen molar-refractivity contribution in [3.8, 4) is 0 Å². The molecule has 8 nitrogen and oxygen atoms in total. The molecule has 1 atom stereocenters. The second kappa shape index (κ2) is 9.86. The average molecular weight is 472 g/mol. The molecule has 33 heavy (non-hydrogen) atoms. The molecule has 2 aromatic carbocycles. The molecule has 0 aliphatic carbocycles. The van der Waals surface area contributed by atoms with Crippen molar-refractivity contribution in [1.82, 2.24) is 14.1 Å². The Labute approximate surface area is 194 Å². The van der Waals surface area contributed by atoms with Gasteiger partial charge in [-0.15, -0.1) is 0 Å². The van der Waals surface area contributed by atoms with Gasteiger partial charge in [-0.05, 0) is 56.9 Å². The summed E-state index contributed by atoms with van der Waals surface area (Å²) in [6.45, 7) is 1.10. The Morgan fingerprint density at radius 1 is 0.970 bits per heavy atom. The van der Waals surface area contributed by atoms with E-state index < -0.39 is 27.8 Å². The number of likely N-dealkylation sites (tertiary alicyclic amines) is 1. The maximum Gasteiger partial charge on any atom is 0.295 e. The van der Waals surface area contributed by atoms with Crippen molar-refractivity contribution in [3.05, 3.63) is 71.3 Å². The molecule has 1 N–H and O–H groups in total. The lowest BCUT2D eigenvalue weighted by Crippen LogP contribution is -2.32. The molecule has 3 rings (SSSR count). The summed E-state index contributed by atoms with van der Waals surface area (Å²) in [5.74, 6) is -1.74. The van der Waals surface area contributed by atoms with E-state index in [4.69, 9.17) is 0 Å². The molecule has 1 saturated heterocycles. The highest BCUT2D eigenvalue weighted by molar-refractivity contribution is 7.89. The molecule has 9 heteroatoms. The van der Waals surface area contributed by atoms with E-state index in [0.717, 1.165) is 16.4 Å². The highest BCUT2D eigenvalue weighted by atomic mass is 32.2. The van der Waals surface area contributed by atoms with E-state index in [1.807, 2.05) is 49.3 Å². The summed E-state index contributed by atoms with van der Waals surface area (Å²) < 4.78 is 25.8. The third kappa shape index (κ3) is 5.00. The van der Waals surface area contributed by atoms with Crippen LogP contribution in [0.25, 0.3) is 5.76 Å². The first kappa shape index (κ1) is 24.6. The van der Waals surface area contributed by atoms with Crippen LogP contribution in [-0.2, 0) is 19.6 Å². The van der Waals surface area contributed by atoms with Gasteiger partial charge in [-0.1, -0.05) is 30.3 Å². The van der Waals surface area contributed by atoms with Crippen LogP contribution in [0.1, 0.15) is 23.6 Å². The van der Waals surface area contributed by atoms with Gasteiger partial charge in [0.05, 0.1) is 16.5 Å². The Morgan fingerprint density at radius 2 is 1.58 bits per heavy atom. The quantitative estimate of drug-likeness (QED) is 0.360. The largest absolute Gasteiger partial charge is 0.507 e. The summed E-state index contributed by atoms with van der Waals surface area (Å²) in [6, 6.07) is 14.0. The van der Waals surface area contributed by atoms with E-state index in [1.54, 1.807) is 0 Å². The van der Waals surface area contributed by atoms with E-state index in [0.29, 0.717) is 13.0 Å². The van der Waals surface area contributed by atoms with Gasteiger partial charge < -0.3 is 14.9 Å². The van der Waals surface area contributed by atoms with Gasteiger partial charge in [-0.25, -0.2) is 12.7 Å². The van der Waals surface area contributed by atoms with Crippen molar-refractivity contribution in [3.63, 3.8) is 0 Å². The number of hydrogen-bond acceptors (Lipinski definition) is 6. The Bertz CT molecular complexity index is 1160. The maximum atomic E-state index is 13.0. The van der Waals surface area contributed by atoms with Crippen molar-refractivity contribution in [2.24, 2.45) is 0 Å². The van der Waals surface area contributed by atoms with Crippen molar-refractivity contribution in [1.29, 1.82) is 0 Å². The monoisotopic (exact) mass is 471 g/mol. The third-order valence-electron chi connectivity index (χ3n) is 5.57. The molecule has 1 amide bonds. The van der Waals surface area contributed by atoms with Gasteiger partial charge in [-0.2, -0.15) is 0 Å². The molecule has 1 fully saturated rings. The number of ketones is 1. The molecule has 0 bridgehead atoms. The first-order chi connectivity index (χ1) is 15.6. The van der Waals surface area contributed by atoms with Crippen molar-refractivity contribution in [2.75, 3.05) is 41.3 Å². The molecule has 1 aliphatic heterocycles. The number of carbonyl (C=O) groups is 2. The lowest BCUT2D eigenvalue weighted by molar-refractivity contribution is -0.139. The van der Waals surface area contributed by atoms with Gasteiger partial charge >= 0.3 is 0 Å². The molecule has 2 aromatic rings. The number of nitrogens with zero attached hydrogens (tertiary/aromatic N) is 3. The standard InChI is InChI=1S/C24H29N3O5S/c1-25(2)15-8-16-27-21(17-9-6-5-7-10-17)20(23(29)24(27)30)22(28)18-11-13-19(14-12-18)33(31,32)26(3)4/h5-7,9-14,21,28H,8,15-16H2,1-4H3/b22-20+. The summed E-state index contributed by atoms with van der Waals surface area (Å²) in [4.78, 5) is 29.5. The number of rotatable bonds is 8. The lowest BCUT2D eigenvalue weighted by Gasteiger charge is -2.26. The Kier molecular flexibility index (Phi) is 7.36. The average Bonchev–Trinajstić information content (AvgIpc) is 3.04. The first-order valence-electron chi connectivity index (χ1n) is 10.6. The van der Waals surface area contributed by atoms with Gasteiger partial charge in [0.25, 0.3) is 11.7 Å². The Morgan fingerprint density at radius 3 is 2.12 bits per heavy atom. The number of amides is 1. The number of carbonyl (C=O) groups excluding carboxylic acids is 2. The number of aliphatic hydroxyl groups excluding tert-OH is 1. The van der Waals surface area contributed by atoms with Crippen LogP contribution in [0, 0.1) is 0 Å². The molecular formula is C24H29N3O5S. The highest BCUT2D eigenvalue weighted by Gasteiger charge is 2.45. The SMILES string of the molecule is CN(C)CCCN1C(=O)C(=O)/C(=C(/O)c2ccc(S(=O)(=O)N(C)C)cc2)C1c1ccccc1. The van der Waals surface area contributed by atoms with Gasteiger partial charge in [0.15, 0.2) is 0 Å². The van der Waals surface area contributed by atoms with Crippen molar-refractivity contribution >= 4 is 27.5 Å². The van der Waals surface area contributed by atoms with Crippen LogP contribution in [0.3, 0.4) is 0 Å². The number of sulfonamides is 1. The normalized spacial score (nSPS) is 18.5. The molecule has 1 heterocycles. The number of benzene rings is 2. The third-order valence-corrected chi connectivity index (χ3v) is 7.40. The van der Waals surface area contributed by atoms with Crippen LogP contribution in [0.4, 0.5) is 0 Å². The topological polar surface area (TPSA) is 98.2 Å². The zero-order chi connectivity index (χ0) is 24.3. The Balaban J connectivity index is 2.06. The molecule has 176 valence electrons. The summed E-state index contributed by atoms with van der Waals surface area (Å²) in [6.07, 6.45) is 0.667. The fourth-order valence-corrected chi connectivity index (χ4v) is 4.70. The molecule has 0 radical (unpaired) electrons. The van der Waals surface area contributed by atoms with Gasteiger partial charge in [0, 0.05) is 26.2 Å². The number of aliphatic hydroxyl groups is 1. The van der Waals surface area contributed by atoms with Crippen molar-refractivity contribution in [2.45, 2.75) is 17.4 Å². The van der Waals surface area contributed by atoms with Crippen LogP contribution in [-0.4, -0.2) is 80.6 Å². The Hall–Kier alpha value is -3.01. The first-order valence-corrected chi connectivity index (χ1v) is 12.0. The fraction of sp³-hybridized carbons (Fsp3) is 0.333.